The number of anilines is 1. The van der Waals surface area contributed by atoms with Gasteiger partial charge in [-0.25, -0.2) is 4.98 Å². The Bertz CT molecular complexity index is 498. The third kappa shape index (κ3) is 3.40. The average Bonchev–Trinajstić information content (AvgIpc) is 2.54. The van der Waals surface area contributed by atoms with Crippen LogP contribution in [0, 0.1) is 5.92 Å². The highest BCUT2D eigenvalue weighted by molar-refractivity contribution is 5.80. The Labute approximate surface area is 132 Å². The number of hydrogen-bond acceptors (Lipinski definition) is 4. The van der Waals surface area contributed by atoms with E-state index >= 15 is 0 Å². The van der Waals surface area contributed by atoms with Crippen molar-refractivity contribution in [3.05, 3.63) is 24.4 Å². The molecule has 0 unspecified atom stereocenters. The molecule has 2 aliphatic rings. The van der Waals surface area contributed by atoms with E-state index in [4.69, 9.17) is 4.74 Å². The molecule has 0 saturated carbocycles. The topological polar surface area (TPSA) is 45.7 Å². The van der Waals surface area contributed by atoms with Crippen LogP contribution in [0.25, 0.3) is 0 Å². The molecule has 2 saturated heterocycles. The molecule has 0 N–H and O–H groups in total. The Balaban J connectivity index is 1.65. The maximum Gasteiger partial charge on any atom is 0.227 e. The van der Waals surface area contributed by atoms with Gasteiger partial charge in [-0.2, -0.15) is 0 Å². The molecule has 120 valence electrons. The van der Waals surface area contributed by atoms with E-state index in [0.29, 0.717) is 13.1 Å². The highest BCUT2D eigenvalue weighted by atomic mass is 16.5. The summed E-state index contributed by atoms with van der Waals surface area (Å²) in [5.41, 5.74) is 0. The van der Waals surface area contributed by atoms with Gasteiger partial charge in [0.15, 0.2) is 0 Å². The molecule has 0 aromatic carbocycles. The first kappa shape index (κ1) is 15.3. The summed E-state index contributed by atoms with van der Waals surface area (Å²) >= 11 is 0. The second-order valence-electron chi connectivity index (χ2n) is 6.47. The Morgan fingerprint density at radius 1 is 1.23 bits per heavy atom. The summed E-state index contributed by atoms with van der Waals surface area (Å²) in [5, 5.41) is 0. The molecule has 3 heterocycles. The number of carbonyl (C=O) groups is 1. The fourth-order valence-corrected chi connectivity index (χ4v) is 3.54. The highest BCUT2D eigenvalue weighted by Crippen LogP contribution is 2.24. The molecule has 1 amide bonds. The lowest BCUT2D eigenvalue weighted by Crippen LogP contribution is -2.52. The van der Waals surface area contributed by atoms with Gasteiger partial charge in [-0.15, -0.1) is 0 Å². The van der Waals surface area contributed by atoms with Crippen LogP contribution < -0.4 is 4.90 Å². The Morgan fingerprint density at radius 2 is 2.00 bits per heavy atom. The van der Waals surface area contributed by atoms with Gasteiger partial charge in [-0.05, 0) is 38.8 Å². The molecule has 2 fully saturated rings. The monoisotopic (exact) mass is 303 g/mol. The molecule has 0 bridgehead atoms. The SMILES string of the molecule is C[C@@H]1CN(C(=O)[C@H]2CCCN(c3ccccn3)C2)C[C@H](C)O1. The van der Waals surface area contributed by atoms with Crippen LogP contribution in [0.5, 0.6) is 0 Å². The molecule has 1 aromatic rings. The molecule has 3 rings (SSSR count). The van der Waals surface area contributed by atoms with Crippen LogP contribution in [0.2, 0.25) is 0 Å². The van der Waals surface area contributed by atoms with Gasteiger partial charge in [-0.3, -0.25) is 4.79 Å². The van der Waals surface area contributed by atoms with Crippen molar-refractivity contribution in [3.63, 3.8) is 0 Å². The molecule has 3 atom stereocenters. The van der Waals surface area contributed by atoms with E-state index in [1.165, 1.54) is 0 Å². The summed E-state index contributed by atoms with van der Waals surface area (Å²) in [7, 11) is 0. The van der Waals surface area contributed by atoms with E-state index in [-0.39, 0.29) is 24.0 Å². The molecule has 0 spiro atoms. The lowest BCUT2D eigenvalue weighted by atomic mass is 9.96. The number of hydrogen-bond donors (Lipinski definition) is 0. The predicted octanol–water partition coefficient (Wildman–Crippen LogP) is 1.93. The molecular formula is C17H25N3O2. The molecule has 5 nitrogen and oxygen atoms in total. The lowest BCUT2D eigenvalue weighted by molar-refractivity contribution is -0.147. The van der Waals surface area contributed by atoms with Crippen molar-refractivity contribution in [2.45, 2.75) is 38.9 Å². The number of rotatable bonds is 2. The van der Waals surface area contributed by atoms with E-state index in [9.17, 15) is 4.79 Å². The van der Waals surface area contributed by atoms with Crippen molar-refractivity contribution in [1.29, 1.82) is 0 Å². The number of nitrogens with zero attached hydrogens (tertiary/aromatic N) is 3. The highest BCUT2D eigenvalue weighted by Gasteiger charge is 2.33. The van der Waals surface area contributed by atoms with Crippen LogP contribution in [0.1, 0.15) is 26.7 Å². The maximum absolute atomic E-state index is 12.8. The number of pyridine rings is 1. The van der Waals surface area contributed by atoms with Gasteiger partial charge < -0.3 is 14.5 Å². The zero-order valence-electron chi connectivity index (χ0n) is 13.4. The van der Waals surface area contributed by atoms with E-state index in [1.807, 2.05) is 43.1 Å². The summed E-state index contributed by atoms with van der Waals surface area (Å²) in [5.74, 6) is 1.33. The van der Waals surface area contributed by atoms with Crippen molar-refractivity contribution in [2.75, 3.05) is 31.1 Å². The first-order valence-corrected chi connectivity index (χ1v) is 8.23. The van der Waals surface area contributed by atoms with Crippen molar-refractivity contribution in [2.24, 2.45) is 5.92 Å². The van der Waals surface area contributed by atoms with Crippen LogP contribution in [-0.4, -0.2) is 54.2 Å². The summed E-state index contributed by atoms with van der Waals surface area (Å²) in [6.07, 6.45) is 4.09. The number of aromatic nitrogens is 1. The van der Waals surface area contributed by atoms with Crippen LogP contribution in [0.3, 0.4) is 0 Å². The first-order valence-electron chi connectivity index (χ1n) is 8.23. The number of carbonyl (C=O) groups excluding carboxylic acids is 1. The van der Waals surface area contributed by atoms with Gasteiger partial charge in [0.25, 0.3) is 0 Å². The van der Waals surface area contributed by atoms with E-state index in [2.05, 4.69) is 9.88 Å². The minimum atomic E-state index is 0.0771. The van der Waals surface area contributed by atoms with Gasteiger partial charge in [-0.1, -0.05) is 6.07 Å². The second kappa shape index (κ2) is 6.65. The summed E-state index contributed by atoms with van der Waals surface area (Å²) < 4.78 is 5.73. The molecule has 0 aliphatic carbocycles. The first-order chi connectivity index (χ1) is 10.6. The Hall–Kier alpha value is -1.62. The molecular weight excluding hydrogens is 278 g/mol. The standard InChI is InChI=1S/C17H25N3O2/c1-13-10-20(11-14(2)22-13)17(21)15-6-5-9-19(12-15)16-7-3-4-8-18-16/h3-4,7-8,13-15H,5-6,9-12H2,1-2H3/t13-,14+,15-/m0/s1. The number of morpholine rings is 1. The summed E-state index contributed by atoms with van der Waals surface area (Å²) in [6, 6.07) is 5.94. The van der Waals surface area contributed by atoms with Gasteiger partial charge in [0.1, 0.15) is 5.82 Å². The minimum absolute atomic E-state index is 0.0771. The molecule has 5 heteroatoms. The molecule has 0 radical (unpaired) electrons. The zero-order valence-corrected chi connectivity index (χ0v) is 13.4. The van der Waals surface area contributed by atoms with E-state index in [1.54, 1.807) is 0 Å². The Kier molecular flexibility index (Phi) is 4.62. The lowest BCUT2D eigenvalue weighted by Gasteiger charge is -2.39. The van der Waals surface area contributed by atoms with Crippen molar-refractivity contribution >= 4 is 11.7 Å². The smallest absolute Gasteiger partial charge is 0.227 e. The van der Waals surface area contributed by atoms with E-state index in [0.717, 1.165) is 31.7 Å². The van der Waals surface area contributed by atoms with Crippen molar-refractivity contribution in [1.82, 2.24) is 9.88 Å². The van der Waals surface area contributed by atoms with Crippen LogP contribution in [-0.2, 0) is 9.53 Å². The summed E-state index contributed by atoms with van der Waals surface area (Å²) in [6.45, 7) is 7.26. The molecule has 1 aromatic heterocycles. The number of amides is 1. The van der Waals surface area contributed by atoms with Crippen LogP contribution in [0.4, 0.5) is 5.82 Å². The van der Waals surface area contributed by atoms with Crippen LogP contribution >= 0.6 is 0 Å². The third-order valence-electron chi connectivity index (χ3n) is 4.48. The largest absolute Gasteiger partial charge is 0.372 e. The van der Waals surface area contributed by atoms with Gasteiger partial charge >= 0.3 is 0 Å². The summed E-state index contributed by atoms with van der Waals surface area (Å²) in [4.78, 5) is 21.5. The van der Waals surface area contributed by atoms with Crippen LogP contribution in [0.15, 0.2) is 24.4 Å². The fraction of sp³-hybridized carbons (Fsp3) is 0.647. The van der Waals surface area contributed by atoms with Crippen molar-refractivity contribution < 1.29 is 9.53 Å². The predicted molar refractivity (Wildman–Crippen MR) is 85.8 cm³/mol. The molecule has 2 aliphatic heterocycles. The average molecular weight is 303 g/mol. The van der Waals surface area contributed by atoms with E-state index < -0.39 is 0 Å². The Morgan fingerprint density at radius 3 is 2.68 bits per heavy atom. The normalized spacial score (nSPS) is 29.5. The molecule has 22 heavy (non-hydrogen) atoms. The third-order valence-corrected chi connectivity index (χ3v) is 4.48. The minimum Gasteiger partial charge on any atom is -0.372 e. The van der Waals surface area contributed by atoms with Gasteiger partial charge in [0, 0.05) is 32.4 Å². The quantitative estimate of drug-likeness (QED) is 0.837. The van der Waals surface area contributed by atoms with Crippen molar-refractivity contribution in [3.8, 4) is 0 Å². The van der Waals surface area contributed by atoms with Gasteiger partial charge in [0.2, 0.25) is 5.91 Å². The second-order valence-corrected chi connectivity index (χ2v) is 6.47. The zero-order chi connectivity index (χ0) is 15.5. The number of ether oxygens (including phenoxy) is 1. The van der Waals surface area contributed by atoms with Gasteiger partial charge in [0.05, 0.1) is 18.1 Å². The fourth-order valence-electron chi connectivity index (χ4n) is 3.54. The number of piperidine rings is 1. The maximum atomic E-state index is 12.8.